The molecule has 2 heterocycles. The maximum Gasteiger partial charge on any atom is 0.256 e. The first-order valence-corrected chi connectivity index (χ1v) is 10.7. The molecule has 29 heavy (non-hydrogen) atoms. The zero-order valence-corrected chi connectivity index (χ0v) is 17.1. The van der Waals surface area contributed by atoms with Crippen LogP contribution >= 0.6 is 0 Å². The van der Waals surface area contributed by atoms with E-state index in [0.717, 1.165) is 35.4 Å². The van der Waals surface area contributed by atoms with E-state index in [1.165, 1.54) is 12.8 Å². The van der Waals surface area contributed by atoms with E-state index < -0.39 is 0 Å². The molecule has 0 bridgehead atoms. The number of carbonyl (C=O) groups is 1. The number of aromatic nitrogens is 2. The molecule has 6 nitrogen and oxygen atoms in total. The molecule has 1 aromatic heterocycles. The average Bonchev–Trinajstić information content (AvgIpc) is 3.25. The molecule has 0 radical (unpaired) electrons. The highest BCUT2D eigenvalue weighted by molar-refractivity contribution is 5.76. The summed E-state index contributed by atoms with van der Waals surface area (Å²) in [5.74, 6) is 1.02. The first-order valence-electron chi connectivity index (χ1n) is 10.7. The third kappa shape index (κ3) is 4.52. The normalized spacial score (nSPS) is 16.7. The fourth-order valence-corrected chi connectivity index (χ4v) is 4.28. The minimum absolute atomic E-state index is 0.0312. The van der Waals surface area contributed by atoms with Gasteiger partial charge >= 0.3 is 0 Å². The van der Waals surface area contributed by atoms with Crippen molar-refractivity contribution in [3.05, 3.63) is 57.8 Å². The van der Waals surface area contributed by atoms with Crippen LogP contribution in [0.15, 0.2) is 35.4 Å². The lowest BCUT2D eigenvalue weighted by atomic mass is 10.0. The van der Waals surface area contributed by atoms with Crippen molar-refractivity contribution < 1.29 is 9.53 Å². The Morgan fingerprint density at radius 2 is 2.10 bits per heavy atom. The topological polar surface area (TPSA) is 64.4 Å². The Morgan fingerprint density at radius 3 is 2.90 bits per heavy atom. The maximum absolute atomic E-state index is 12.7. The van der Waals surface area contributed by atoms with Gasteiger partial charge in [-0.3, -0.25) is 14.2 Å². The molecule has 1 aliphatic heterocycles. The monoisotopic (exact) mass is 395 g/mol. The minimum atomic E-state index is 0.0312. The van der Waals surface area contributed by atoms with Gasteiger partial charge in [-0.05, 0) is 63.1 Å². The van der Waals surface area contributed by atoms with E-state index in [4.69, 9.17) is 4.74 Å². The van der Waals surface area contributed by atoms with Crippen LogP contribution in [0.4, 0.5) is 0 Å². The van der Waals surface area contributed by atoms with E-state index in [2.05, 4.69) is 17.1 Å². The average molecular weight is 396 g/mol. The van der Waals surface area contributed by atoms with Crippen molar-refractivity contribution in [3.8, 4) is 5.75 Å². The molecule has 4 rings (SSSR count). The van der Waals surface area contributed by atoms with Gasteiger partial charge in [-0.25, -0.2) is 4.98 Å². The Labute approximate surface area is 171 Å². The molecule has 0 saturated heterocycles. The minimum Gasteiger partial charge on any atom is -0.490 e. The lowest BCUT2D eigenvalue weighted by molar-refractivity contribution is -0.132. The van der Waals surface area contributed by atoms with Crippen LogP contribution in [0.1, 0.15) is 55.8 Å². The van der Waals surface area contributed by atoms with Gasteiger partial charge in [-0.1, -0.05) is 12.1 Å². The smallest absolute Gasteiger partial charge is 0.256 e. The van der Waals surface area contributed by atoms with Crippen LogP contribution in [0.2, 0.25) is 0 Å². The van der Waals surface area contributed by atoms with Gasteiger partial charge in [0.25, 0.3) is 5.56 Å². The predicted octanol–water partition coefficient (Wildman–Crippen LogP) is 3.10. The second kappa shape index (κ2) is 8.80. The molecule has 1 aliphatic carbocycles. The first-order chi connectivity index (χ1) is 14.1. The Kier molecular flexibility index (Phi) is 5.97. The van der Waals surface area contributed by atoms with Gasteiger partial charge in [0, 0.05) is 25.1 Å². The van der Waals surface area contributed by atoms with Crippen molar-refractivity contribution >= 4 is 5.91 Å². The molecule has 0 atom stereocenters. The molecule has 1 saturated carbocycles. The maximum atomic E-state index is 12.7. The first kappa shape index (κ1) is 19.7. The Balaban J connectivity index is 1.34. The molecular weight excluding hydrogens is 366 g/mol. The van der Waals surface area contributed by atoms with Crippen molar-refractivity contribution in [3.63, 3.8) is 0 Å². The summed E-state index contributed by atoms with van der Waals surface area (Å²) in [6.07, 6.45) is 8.42. The van der Waals surface area contributed by atoms with E-state index >= 15 is 0 Å². The van der Waals surface area contributed by atoms with E-state index in [0.29, 0.717) is 45.0 Å². The number of fused-ring (bicyclic) bond motifs is 1. The quantitative estimate of drug-likeness (QED) is 0.754. The molecule has 154 valence electrons. The van der Waals surface area contributed by atoms with Crippen LogP contribution < -0.4 is 10.3 Å². The molecule has 0 unspecified atom stereocenters. The second-order valence-electron chi connectivity index (χ2n) is 8.00. The van der Waals surface area contributed by atoms with E-state index in [9.17, 15) is 9.59 Å². The number of hydrogen-bond donors (Lipinski definition) is 0. The molecular formula is C23H29N3O3. The van der Waals surface area contributed by atoms with Gasteiger partial charge in [0.1, 0.15) is 5.75 Å². The van der Waals surface area contributed by atoms with E-state index in [1.807, 2.05) is 24.0 Å². The van der Waals surface area contributed by atoms with Crippen LogP contribution in [0.25, 0.3) is 0 Å². The number of ether oxygens (including phenoxy) is 1. The summed E-state index contributed by atoms with van der Waals surface area (Å²) in [5.41, 5.74) is 2.65. The van der Waals surface area contributed by atoms with Crippen LogP contribution in [-0.2, 0) is 30.7 Å². The molecule has 0 N–H and O–H groups in total. The highest BCUT2D eigenvalue weighted by Crippen LogP contribution is 2.25. The van der Waals surface area contributed by atoms with Gasteiger partial charge in [0.2, 0.25) is 5.91 Å². The zero-order chi connectivity index (χ0) is 20.2. The van der Waals surface area contributed by atoms with Gasteiger partial charge in [0.05, 0.1) is 24.7 Å². The molecule has 1 fully saturated rings. The van der Waals surface area contributed by atoms with Crippen molar-refractivity contribution in [1.82, 2.24) is 14.5 Å². The summed E-state index contributed by atoms with van der Waals surface area (Å²) in [4.78, 5) is 31.4. The standard InChI is InChI=1S/C23H29N3O3/c1-2-25-16-24-21-15-26(13-12-20(21)23(25)28)22(27)11-10-17-6-5-9-19(14-17)29-18-7-3-4-8-18/h5-6,9,14,16,18H,2-4,7-8,10-13,15H2,1H3. The summed E-state index contributed by atoms with van der Waals surface area (Å²) in [6, 6.07) is 8.12. The highest BCUT2D eigenvalue weighted by Gasteiger charge is 2.24. The van der Waals surface area contributed by atoms with Crippen molar-refractivity contribution in [2.24, 2.45) is 0 Å². The number of rotatable bonds is 6. The van der Waals surface area contributed by atoms with E-state index in [-0.39, 0.29) is 11.5 Å². The summed E-state index contributed by atoms with van der Waals surface area (Å²) in [7, 11) is 0. The molecule has 2 aliphatic rings. The third-order valence-corrected chi connectivity index (χ3v) is 6.02. The van der Waals surface area contributed by atoms with E-state index in [1.54, 1.807) is 10.9 Å². The number of hydrogen-bond acceptors (Lipinski definition) is 4. The van der Waals surface area contributed by atoms with Crippen LogP contribution in [0.5, 0.6) is 5.75 Å². The molecule has 1 aromatic carbocycles. The lowest BCUT2D eigenvalue weighted by Crippen LogP contribution is -2.40. The number of carbonyl (C=O) groups excluding carboxylic acids is 1. The van der Waals surface area contributed by atoms with Crippen molar-refractivity contribution in [2.45, 2.75) is 71.1 Å². The van der Waals surface area contributed by atoms with Gasteiger partial charge in [-0.2, -0.15) is 0 Å². The largest absolute Gasteiger partial charge is 0.490 e. The third-order valence-electron chi connectivity index (χ3n) is 6.02. The molecule has 1 amide bonds. The summed E-state index contributed by atoms with van der Waals surface area (Å²) in [5, 5.41) is 0. The Hall–Kier alpha value is -2.63. The number of benzene rings is 1. The molecule has 6 heteroatoms. The Morgan fingerprint density at radius 1 is 1.28 bits per heavy atom. The number of aryl methyl sites for hydroxylation is 2. The predicted molar refractivity (Wildman–Crippen MR) is 111 cm³/mol. The van der Waals surface area contributed by atoms with Gasteiger partial charge in [0.15, 0.2) is 0 Å². The van der Waals surface area contributed by atoms with Crippen LogP contribution in [-0.4, -0.2) is 33.0 Å². The molecule has 2 aromatic rings. The fraction of sp³-hybridized carbons (Fsp3) is 0.522. The summed E-state index contributed by atoms with van der Waals surface area (Å²) < 4.78 is 7.69. The number of nitrogens with zero attached hydrogens (tertiary/aromatic N) is 3. The summed E-state index contributed by atoms with van der Waals surface area (Å²) in [6.45, 7) is 3.56. The van der Waals surface area contributed by atoms with Crippen molar-refractivity contribution in [2.75, 3.05) is 6.54 Å². The highest BCUT2D eigenvalue weighted by atomic mass is 16.5. The lowest BCUT2D eigenvalue weighted by Gasteiger charge is -2.28. The SMILES string of the molecule is CCn1cnc2c(c1=O)CCN(C(=O)CCc1cccc(OC3CCCC3)c1)C2. The second-order valence-corrected chi connectivity index (χ2v) is 8.00. The van der Waals surface area contributed by atoms with Gasteiger partial charge in [-0.15, -0.1) is 0 Å². The van der Waals surface area contributed by atoms with Crippen LogP contribution in [0.3, 0.4) is 0 Å². The Bertz CT molecular complexity index is 931. The van der Waals surface area contributed by atoms with Gasteiger partial charge < -0.3 is 9.64 Å². The number of amides is 1. The fourth-order valence-electron chi connectivity index (χ4n) is 4.28. The summed E-state index contributed by atoms with van der Waals surface area (Å²) >= 11 is 0. The zero-order valence-electron chi connectivity index (χ0n) is 17.1. The molecule has 0 spiro atoms. The van der Waals surface area contributed by atoms with Crippen molar-refractivity contribution in [1.29, 1.82) is 0 Å². The van der Waals surface area contributed by atoms with Crippen LogP contribution in [0, 0.1) is 0 Å².